The van der Waals surface area contributed by atoms with Crippen molar-refractivity contribution < 1.29 is 93.1 Å². The normalized spacial score (nSPS) is 22.6. The summed E-state index contributed by atoms with van der Waals surface area (Å²) < 4.78 is 103. The highest BCUT2D eigenvalue weighted by atomic mass is 35.5. The van der Waals surface area contributed by atoms with Gasteiger partial charge in [0.1, 0.15) is 76.6 Å². The summed E-state index contributed by atoms with van der Waals surface area (Å²) in [4.78, 5) is 123. The molecule has 35 heteroatoms. The predicted molar refractivity (Wildman–Crippen MR) is 508 cm³/mol. The number of likely N-dealkylation sites (tertiary alicyclic amines) is 2. The minimum Gasteiger partial charge on any atom is -0.497 e. The Balaban J connectivity index is 0.000000215. The molecule has 6 heterocycles. The maximum atomic E-state index is 14.9. The molecule has 2 aromatic heterocycles. The molecule has 0 spiro atoms. The van der Waals surface area contributed by atoms with Gasteiger partial charge in [0.05, 0.1) is 91.7 Å². The molecular weight excluding hydrogens is 1810 g/mol. The van der Waals surface area contributed by atoms with E-state index in [0.29, 0.717) is 121 Å². The van der Waals surface area contributed by atoms with Gasteiger partial charge >= 0.3 is 11.5 Å². The van der Waals surface area contributed by atoms with Crippen LogP contribution in [0.3, 0.4) is 0 Å². The van der Waals surface area contributed by atoms with Crippen LogP contribution in [-0.4, -0.2) is 206 Å². The smallest absolute Gasteiger partial charge is 0.408 e. The molecule has 10 atom stereocenters. The molecule has 7 amide bonds. The van der Waals surface area contributed by atoms with Crippen LogP contribution in [0.5, 0.6) is 23.0 Å². The molecule has 712 valence electrons. The second kappa shape index (κ2) is 41.9. The zero-order valence-corrected chi connectivity index (χ0v) is 79.7. The molecule has 8 aromatic rings. The van der Waals surface area contributed by atoms with Crippen molar-refractivity contribution in [1.29, 1.82) is 0 Å². The molecule has 16 rings (SSSR count). The average Bonchev–Trinajstić information content (AvgIpc) is 1.56. The first-order chi connectivity index (χ1) is 62.4. The van der Waals surface area contributed by atoms with Gasteiger partial charge in [-0.15, -0.1) is 38.0 Å². The van der Waals surface area contributed by atoms with Gasteiger partial charge < -0.3 is 69.4 Å². The van der Waals surface area contributed by atoms with E-state index in [0.717, 1.165) is 35.1 Å². The van der Waals surface area contributed by atoms with E-state index in [1.54, 1.807) is 47.1 Å². The van der Waals surface area contributed by atoms with Crippen molar-refractivity contribution in [1.82, 2.24) is 45.2 Å². The molecule has 133 heavy (non-hydrogen) atoms. The van der Waals surface area contributed by atoms with Crippen molar-refractivity contribution in [3.05, 3.63) is 206 Å². The lowest BCUT2D eigenvalue weighted by atomic mass is 9.85. The molecule has 0 unspecified atom stereocenters. The second-order valence-electron chi connectivity index (χ2n) is 37.2. The molecule has 30 nitrogen and oxygen atoms in total. The summed E-state index contributed by atoms with van der Waals surface area (Å²) in [6, 6.07) is 48.0. The third-order valence-corrected chi connectivity index (χ3v) is 30.3. The third kappa shape index (κ3) is 23.3. The van der Waals surface area contributed by atoms with Crippen LogP contribution in [0.1, 0.15) is 130 Å². The Morgan fingerprint density at radius 1 is 0.526 bits per heavy atom. The highest BCUT2D eigenvalue weighted by Gasteiger charge is 2.66. The fourth-order valence-electron chi connectivity index (χ4n) is 17.4. The molecule has 0 radical (unpaired) electrons. The topological polar surface area (TPSA) is 397 Å². The first kappa shape index (κ1) is 101. The number of methoxy groups -OCH3 is 2. The van der Waals surface area contributed by atoms with Crippen LogP contribution in [0, 0.1) is 22.7 Å². The first-order valence-corrected chi connectivity index (χ1v) is 47.7. The van der Waals surface area contributed by atoms with E-state index in [-0.39, 0.29) is 88.6 Å². The highest BCUT2D eigenvalue weighted by molar-refractivity contribution is 7.92. The number of rotatable bonds is 29. The largest absolute Gasteiger partial charge is 0.497 e. The third-order valence-electron chi connectivity index (χ3n) is 25.9. The quantitative estimate of drug-likeness (QED) is 0.0187. The minimum absolute atomic E-state index is 0. The van der Waals surface area contributed by atoms with Crippen LogP contribution >= 0.6 is 36.4 Å². The standard InChI is InChI=1S/C49H57N5O10S.C43H49N5O7S.C6H9ClO3.2ClH/c1-6-33-29-49(33,45(57)53-65(59,60)48(21-22-48)28-31-13-9-7-10-14-31)52-43(55)40-26-36(30-54(40)44(56)42(47(2,3)4)51-46(58)64-34-19-23-62-24-20-34)63-41-27-38(32-15-11-8-12-16-32)50-39-25-35(61-5)17-18-37(39)41;1-6-29-25-43(29,40(51)47-56(52,53)42(19-20-42)24-27-13-9-7-10-14-27)46-38(49)35-22-31(26-48(35)39(50)37(44)41(2,3)4)55-36-23-33(28-15-11-8-12-16-28)45-34-21-30(54-5)17-18-32(34)36;7-6(8)10-5-1-3-9-4-2-5;;/h6-18,25,27,33-34,36,40,42H,1,19-24,26,28-30H2,2-5H3,(H,51,58)(H,52,55)(H,53,57);6-18,21,23,29,31,35,37H,1,19-20,22,24-26,44H2,2-5H3,(H,46,49)(H,47,51);5H,1-4H2;2*1H/t33-,36-,40+,42-,49-;29-,31-,35+,37-,43-;;;/m11.../s1. The lowest BCUT2D eigenvalue weighted by molar-refractivity contribution is -0.143. The number of alkyl carbamates (subject to hydrolysis) is 1. The van der Waals surface area contributed by atoms with Crippen molar-refractivity contribution in [2.24, 2.45) is 28.4 Å². The fourth-order valence-corrected chi connectivity index (χ4v) is 20.8. The number of benzene rings is 6. The van der Waals surface area contributed by atoms with E-state index in [9.17, 15) is 55.2 Å². The van der Waals surface area contributed by atoms with Crippen LogP contribution in [0.2, 0.25) is 0 Å². The number of pyridine rings is 2. The number of fused-ring (bicyclic) bond motifs is 2. The van der Waals surface area contributed by atoms with Gasteiger partial charge in [0.2, 0.25) is 43.7 Å². The van der Waals surface area contributed by atoms with Gasteiger partial charge in [-0.05, 0) is 97.6 Å². The van der Waals surface area contributed by atoms with Gasteiger partial charge in [0, 0.05) is 108 Å². The lowest BCUT2D eigenvalue weighted by Crippen LogP contribution is -2.60. The second-order valence-corrected chi connectivity index (χ2v) is 41.7. The van der Waals surface area contributed by atoms with E-state index < -0.39 is 147 Å². The Morgan fingerprint density at radius 2 is 0.902 bits per heavy atom. The number of hydrogen-bond acceptors (Lipinski definition) is 23. The maximum Gasteiger partial charge on any atom is 0.408 e. The number of carbonyl (C=O) groups is 8. The van der Waals surface area contributed by atoms with Gasteiger partial charge in [-0.1, -0.05) is 175 Å². The Labute approximate surface area is 792 Å². The molecule has 4 saturated carbocycles. The number of halogens is 3. The zero-order chi connectivity index (χ0) is 93.6. The average molecular weight is 1930 g/mol. The number of nitrogens with one attached hydrogen (secondary N) is 5. The molecule has 0 bridgehead atoms. The fraction of sp³-hybridized carbons (Fsp3) is 0.449. The van der Waals surface area contributed by atoms with Crippen molar-refractivity contribution in [3.63, 3.8) is 0 Å². The van der Waals surface area contributed by atoms with Gasteiger partial charge in [0.15, 0.2) is 0 Å². The molecular formula is C98H117Cl3N10O20S2. The zero-order valence-electron chi connectivity index (χ0n) is 75.7. The monoisotopic (exact) mass is 1920 g/mol. The summed E-state index contributed by atoms with van der Waals surface area (Å²) in [6.07, 6.45) is 5.48. The van der Waals surface area contributed by atoms with Crippen molar-refractivity contribution in [2.45, 2.75) is 201 Å². The van der Waals surface area contributed by atoms with Crippen LogP contribution in [0.15, 0.2) is 195 Å². The SMILES string of the molecule is C=C[C@@H]1C[C@]1(NC(=O)[C@@H]1C[C@@H](Oc2cc(-c3ccccc3)nc3cc(OC)ccc23)CN1C(=O)[C@@H](N)C(C)(C)C)C(=O)NS(=O)(=O)C1(Cc2ccccc2)CC1.C=C[C@@H]1C[C@]1(NC(=O)[C@@H]1C[C@@H](Oc2cc(-c3ccccc3)nc3cc(OC)ccc23)CN1C(=O)[C@@H](NC(=O)OC1CCOCC1)C(C)(C)C)C(=O)NS(=O)(=O)C1(Cc2ccccc2)CC1.Cl.Cl.O=C(Cl)OC1CCOCC1. The first-order valence-electron chi connectivity index (χ1n) is 44.3. The van der Waals surface area contributed by atoms with Crippen LogP contribution in [-0.2, 0) is 80.6 Å². The Kier molecular flexibility index (Phi) is 31.8. The van der Waals surface area contributed by atoms with Gasteiger partial charge in [0.25, 0.3) is 11.8 Å². The van der Waals surface area contributed by atoms with Gasteiger partial charge in [-0.2, -0.15) is 0 Å². The molecule has 7 N–H and O–H groups in total. The molecule has 8 aliphatic rings. The molecule has 8 fully saturated rings. The number of sulfonamides is 2. The van der Waals surface area contributed by atoms with Gasteiger partial charge in [-0.3, -0.25) is 38.2 Å². The van der Waals surface area contributed by atoms with Crippen LogP contribution < -0.4 is 50.1 Å². The summed E-state index contributed by atoms with van der Waals surface area (Å²) >= 11 is 5.01. The number of nitrogens with zero attached hydrogens (tertiary/aromatic N) is 4. The van der Waals surface area contributed by atoms with E-state index >= 15 is 0 Å². The summed E-state index contributed by atoms with van der Waals surface area (Å²) in [7, 11) is -5.15. The van der Waals surface area contributed by atoms with E-state index in [4.69, 9.17) is 65.2 Å². The van der Waals surface area contributed by atoms with E-state index in [1.807, 2.05) is 178 Å². The molecule has 4 saturated heterocycles. The Bertz CT molecular complexity index is 5830. The number of hydrogen-bond donors (Lipinski definition) is 6. The molecule has 4 aliphatic carbocycles. The number of ether oxygens (including phenoxy) is 8. The lowest BCUT2D eigenvalue weighted by Gasteiger charge is -2.35. The summed E-state index contributed by atoms with van der Waals surface area (Å²) in [5.74, 6) is -2.88. The Morgan fingerprint density at radius 3 is 1.25 bits per heavy atom. The van der Waals surface area contributed by atoms with E-state index in [2.05, 4.69) is 38.6 Å². The summed E-state index contributed by atoms with van der Waals surface area (Å²) in [6.45, 7) is 20.9. The van der Waals surface area contributed by atoms with Crippen LogP contribution in [0.4, 0.5) is 9.59 Å². The number of amides is 7. The van der Waals surface area contributed by atoms with Crippen molar-refractivity contribution in [2.75, 3.05) is 53.7 Å². The van der Waals surface area contributed by atoms with Crippen LogP contribution in [0.25, 0.3) is 44.3 Å². The Hall–Kier alpha value is -11.0. The van der Waals surface area contributed by atoms with E-state index in [1.165, 1.54) is 22.0 Å². The van der Waals surface area contributed by atoms with Crippen molar-refractivity contribution in [3.8, 4) is 45.5 Å². The predicted octanol–water partition coefficient (Wildman–Crippen LogP) is 13.2. The summed E-state index contributed by atoms with van der Waals surface area (Å²) in [5.41, 5.74) is 7.05. The van der Waals surface area contributed by atoms with Gasteiger partial charge in [-0.25, -0.2) is 36.4 Å². The number of nitrogens with two attached hydrogens (primary N) is 1. The maximum absolute atomic E-state index is 14.9. The summed E-state index contributed by atoms with van der Waals surface area (Å²) in [5, 5.41) is 9.94. The number of carbonyl (C=O) groups excluding carboxylic acids is 8. The molecule has 6 aromatic carbocycles. The highest BCUT2D eigenvalue weighted by Crippen LogP contribution is 2.51. The number of aromatic nitrogens is 2. The molecule has 4 aliphatic heterocycles. The van der Waals surface area contributed by atoms with Crippen molar-refractivity contribution >= 4 is 125 Å². The minimum atomic E-state index is -4.18.